The fourth-order valence-electron chi connectivity index (χ4n) is 1.59. The Bertz CT molecular complexity index is 538. The maximum atomic E-state index is 11.3. The molecule has 2 heterocycles. The number of hydrogen-bond acceptors (Lipinski definition) is 5. The molecule has 0 aromatic carbocycles. The van der Waals surface area contributed by atoms with Crippen molar-refractivity contribution in [3.63, 3.8) is 0 Å². The van der Waals surface area contributed by atoms with Crippen molar-refractivity contribution in [3.8, 4) is 0 Å². The van der Waals surface area contributed by atoms with Crippen LogP contribution < -0.4 is 0 Å². The van der Waals surface area contributed by atoms with Crippen LogP contribution in [0.2, 0.25) is 0 Å². The van der Waals surface area contributed by atoms with Gasteiger partial charge in [0.2, 0.25) is 0 Å². The number of fused-ring (bicyclic) bond motifs is 1. The summed E-state index contributed by atoms with van der Waals surface area (Å²) >= 11 is 0. The molecule has 7 heteroatoms. The van der Waals surface area contributed by atoms with Gasteiger partial charge in [-0.2, -0.15) is 0 Å². The second kappa shape index (κ2) is 3.82. The third kappa shape index (κ3) is 2.35. The van der Waals surface area contributed by atoms with Gasteiger partial charge >= 0.3 is 5.97 Å². The molecule has 0 radical (unpaired) electrons. The molecule has 1 N–H and O–H groups in total. The summed E-state index contributed by atoms with van der Waals surface area (Å²) in [6.45, 7) is 0. The molecule has 0 saturated carbocycles. The highest BCUT2D eigenvalue weighted by atomic mass is 32.2. The molecule has 0 saturated heterocycles. The van der Waals surface area contributed by atoms with Crippen LogP contribution in [-0.2, 0) is 33.2 Å². The van der Waals surface area contributed by atoms with Crippen molar-refractivity contribution < 1.29 is 18.3 Å². The molecular formula is C9H10N2O4S. The molecule has 0 aliphatic carbocycles. The summed E-state index contributed by atoms with van der Waals surface area (Å²) in [6.07, 6.45) is 1.46. The van der Waals surface area contributed by atoms with Gasteiger partial charge in [0.1, 0.15) is 0 Å². The largest absolute Gasteiger partial charge is 0.481 e. The number of carbonyl (C=O) groups is 1. The summed E-state index contributed by atoms with van der Waals surface area (Å²) in [5.41, 5.74) is 1.42. The van der Waals surface area contributed by atoms with E-state index in [1.165, 1.54) is 6.20 Å². The van der Waals surface area contributed by atoms with E-state index in [0.29, 0.717) is 23.5 Å². The Balaban J connectivity index is 2.31. The van der Waals surface area contributed by atoms with Crippen LogP contribution in [0.3, 0.4) is 0 Å². The van der Waals surface area contributed by atoms with E-state index < -0.39 is 15.8 Å². The van der Waals surface area contributed by atoms with Crippen molar-refractivity contribution in [2.45, 2.75) is 18.6 Å². The highest BCUT2D eigenvalue weighted by Crippen LogP contribution is 2.17. The van der Waals surface area contributed by atoms with Crippen molar-refractivity contribution in [2.24, 2.45) is 0 Å². The van der Waals surface area contributed by atoms with Crippen molar-refractivity contribution in [3.05, 3.63) is 23.3 Å². The first-order valence-electron chi connectivity index (χ1n) is 4.72. The van der Waals surface area contributed by atoms with Gasteiger partial charge in [-0.3, -0.25) is 14.8 Å². The van der Waals surface area contributed by atoms with E-state index in [4.69, 9.17) is 5.11 Å². The predicted molar refractivity (Wildman–Crippen MR) is 54.6 cm³/mol. The van der Waals surface area contributed by atoms with E-state index in [2.05, 4.69) is 9.97 Å². The highest BCUT2D eigenvalue weighted by Gasteiger charge is 2.23. The van der Waals surface area contributed by atoms with E-state index in [1.807, 2.05) is 0 Å². The van der Waals surface area contributed by atoms with Crippen LogP contribution in [0.1, 0.15) is 17.1 Å². The lowest BCUT2D eigenvalue weighted by Gasteiger charge is -2.14. The standard InChI is InChI=1S/C9H10N2O4S/c12-9(13)3-6-4-10-8-5-16(14,15)2-1-7(8)11-6/h4H,1-3,5H2,(H,12,13). The summed E-state index contributed by atoms with van der Waals surface area (Å²) < 4.78 is 22.6. The lowest BCUT2D eigenvalue weighted by atomic mass is 10.2. The molecule has 1 aliphatic heterocycles. The summed E-state index contributed by atoms with van der Waals surface area (Å²) in [4.78, 5) is 18.6. The lowest BCUT2D eigenvalue weighted by molar-refractivity contribution is -0.136. The van der Waals surface area contributed by atoms with E-state index in [1.54, 1.807) is 0 Å². The van der Waals surface area contributed by atoms with Crippen LogP contribution in [0.4, 0.5) is 0 Å². The lowest BCUT2D eigenvalue weighted by Crippen LogP contribution is -2.22. The van der Waals surface area contributed by atoms with Gasteiger partial charge < -0.3 is 5.11 Å². The van der Waals surface area contributed by atoms with E-state index in [9.17, 15) is 13.2 Å². The smallest absolute Gasteiger partial charge is 0.309 e. The molecule has 0 unspecified atom stereocenters. The molecule has 2 rings (SSSR count). The van der Waals surface area contributed by atoms with Gasteiger partial charge in [0.05, 0.1) is 35.0 Å². The predicted octanol–water partition coefficient (Wildman–Crippen LogP) is -0.425. The average Bonchev–Trinajstić information content (AvgIpc) is 2.16. The monoisotopic (exact) mass is 242 g/mol. The number of rotatable bonds is 2. The fourth-order valence-corrected chi connectivity index (χ4v) is 2.89. The number of aromatic nitrogens is 2. The van der Waals surface area contributed by atoms with Gasteiger partial charge in [-0.05, 0) is 0 Å². The molecule has 0 amide bonds. The Morgan fingerprint density at radius 1 is 1.44 bits per heavy atom. The number of sulfone groups is 1. The van der Waals surface area contributed by atoms with Gasteiger partial charge in [-0.1, -0.05) is 0 Å². The molecule has 0 spiro atoms. The van der Waals surface area contributed by atoms with Crippen LogP contribution in [0.15, 0.2) is 6.20 Å². The van der Waals surface area contributed by atoms with Gasteiger partial charge in [0.25, 0.3) is 0 Å². The first-order chi connectivity index (χ1) is 7.46. The minimum absolute atomic E-state index is 0.0607. The molecule has 16 heavy (non-hydrogen) atoms. The Hall–Kier alpha value is -1.50. The molecule has 0 bridgehead atoms. The minimum atomic E-state index is -3.05. The Morgan fingerprint density at radius 3 is 2.88 bits per heavy atom. The number of hydrogen-bond donors (Lipinski definition) is 1. The van der Waals surface area contributed by atoms with Crippen molar-refractivity contribution in [1.29, 1.82) is 0 Å². The maximum absolute atomic E-state index is 11.3. The Labute approximate surface area is 92.3 Å². The molecule has 0 fully saturated rings. The number of carboxylic acid groups (broad SMARTS) is 1. The summed E-state index contributed by atoms with van der Waals surface area (Å²) in [5.74, 6) is -1.01. The van der Waals surface area contributed by atoms with Crippen LogP contribution in [0.5, 0.6) is 0 Å². The quantitative estimate of drug-likeness (QED) is 0.756. The fraction of sp³-hybridized carbons (Fsp3) is 0.444. The number of aryl methyl sites for hydroxylation is 1. The van der Waals surface area contributed by atoms with Gasteiger partial charge in [-0.15, -0.1) is 0 Å². The summed E-state index contributed by atoms with van der Waals surface area (Å²) in [7, 11) is -3.05. The molecule has 6 nitrogen and oxygen atoms in total. The minimum Gasteiger partial charge on any atom is -0.481 e. The highest BCUT2D eigenvalue weighted by molar-refractivity contribution is 7.90. The average molecular weight is 242 g/mol. The van der Waals surface area contributed by atoms with Crippen LogP contribution in [-0.4, -0.2) is 35.2 Å². The molecule has 1 aliphatic rings. The normalized spacial score (nSPS) is 17.8. The second-order valence-electron chi connectivity index (χ2n) is 3.67. The number of nitrogens with zero attached hydrogens (tertiary/aromatic N) is 2. The SMILES string of the molecule is O=C(O)Cc1cnc2c(n1)CCS(=O)(=O)C2. The third-order valence-corrected chi connectivity index (χ3v) is 3.86. The summed E-state index contributed by atoms with van der Waals surface area (Å²) in [6, 6.07) is 0. The van der Waals surface area contributed by atoms with Crippen molar-refractivity contribution >= 4 is 15.8 Å². The molecule has 0 atom stereocenters. The van der Waals surface area contributed by atoms with E-state index >= 15 is 0 Å². The second-order valence-corrected chi connectivity index (χ2v) is 5.85. The van der Waals surface area contributed by atoms with E-state index in [-0.39, 0.29) is 17.9 Å². The van der Waals surface area contributed by atoms with Crippen LogP contribution >= 0.6 is 0 Å². The van der Waals surface area contributed by atoms with Crippen LogP contribution in [0.25, 0.3) is 0 Å². The van der Waals surface area contributed by atoms with E-state index in [0.717, 1.165) is 0 Å². The zero-order valence-corrected chi connectivity index (χ0v) is 9.20. The van der Waals surface area contributed by atoms with Crippen molar-refractivity contribution in [1.82, 2.24) is 9.97 Å². The number of aliphatic carboxylic acids is 1. The number of carboxylic acids is 1. The van der Waals surface area contributed by atoms with Crippen LogP contribution in [0, 0.1) is 0 Å². The van der Waals surface area contributed by atoms with Gasteiger partial charge in [-0.25, -0.2) is 8.42 Å². The summed E-state index contributed by atoms with van der Waals surface area (Å²) in [5, 5.41) is 8.59. The molecule has 86 valence electrons. The Morgan fingerprint density at radius 2 is 2.19 bits per heavy atom. The van der Waals surface area contributed by atoms with Crippen molar-refractivity contribution in [2.75, 3.05) is 5.75 Å². The first kappa shape index (κ1) is 11.0. The first-order valence-corrected chi connectivity index (χ1v) is 6.54. The Kier molecular flexibility index (Phi) is 2.63. The topological polar surface area (TPSA) is 97.2 Å². The van der Waals surface area contributed by atoms with Gasteiger partial charge in [0.15, 0.2) is 9.84 Å². The molecular weight excluding hydrogens is 232 g/mol. The zero-order chi connectivity index (χ0) is 11.8. The zero-order valence-electron chi connectivity index (χ0n) is 8.38. The molecule has 1 aromatic heterocycles. The maximum Gasteiger partial charge on any atom is 0.309 e. The van der Waals surface area contributed by atoms with Gasteiger partial charge in [0, 0.05) is 12.6 Å². The third-order valence-electron chi connectivity index (χ3n) is 2.32. The molecule has 1 aromatic rings.